The average Bonchev–Trinajstić information content (AvgIpc) is 3.12. The first kappa shape index (κ1) is 13.2. The molecule has 2 bridgehead atoms. The molecule has 3 aliphatic rings. The highest BCUT2D eigenvalue weighted by Gasteiger charge is 2.77. The van der Waals surface area contributed by atoms with Gasteiger partial charge >= 0.3 is 5.69 Å². The molecule has 1 unspecified atom stereocenters. The molecule has 7 nitrogen and oxygen atoms in total. The molecule has 21 heavy (non-hydrogen) atoms. The summed E-state index contributed by atoms with van der Waals surface area (Å²) in [6.45, 7) is 3.58. The van der Waals surface area contributed by atoms with Crippen LogP contribution in [0.25, 0.3) is 0 Å². The van der Waals surface area contributed by atoms with Crippen molar-refractivity contribution in [3.63, 3.8) is 0 Å². The summed E-state index contributed by atoms with van der Waals surface area (Å²) in [7, 11) is 0. The van der Waals surface area contributed by atoms with E-state index in [2.05, 4.69) is 4.98 Å². The van der Waals surface area contributed by atoms with Crippen molar-refractivity contribution >= 4 is 0 Å². The van der Waals surface area contributed by atoms with Gasteiger partial charge in [-0.1, -0.05) is 6.92 Å². The van der Waals surface area contributed by atoms with Crippen LogP contribution in [0, 0.1) is 6.92 Å². The number of rotatable bonds is 2. The van der Waals surface area contributed by atoms with Gasteiger partial charge in [-0.15, -0.1) is 0 Å². The molecule has 2 saturated heterocycles. The standard InChI is InChI=1S/C14H18N2O5/c1-3-14-9(17)8(20-13(14)4-5-13)11(21-14)16-6-7(2)10(18)15-12(16)19/h6,8-9,11,17H,3-5H2,1-2H3,(H,15,18,19)/t8-,9?,11+,14+/m0/s1. The van der Waals surface area contributed by atoms with Gasteiger partial charge in [0.25, 0.3) is 5.56 Å². The Bertz CT molecular complexity index is 719. The SMILES string of the molecule is CC[C@]12O[C@@H](n3cc(C)c(=O)[nH]c3=O)[C@@H](OC13CC3)C2O. The number of hydrogen-bond donors (Lipinski definition) is 2. The van der Waals surface area contributed by atoms with Crippen molar-refractivity contribution in [2.24, 2.45) is 0 Å². The molecule has 1 aromatic rings. The summed E-state index contributed by atoms with van der Waals surface area (Å²) >= 11 is 0. The third kappa shape index (κ3) is 1.43. The number of fused-ring (bicyclic) bond motifs is 3. The van der Waals surface area contributed by atoms with E-state index >= 15 is 0 Å². The lowest BCUT2D eigenvalue weighted by Gasteiger charge is -2.37. The van der Waals surface area contributed by atoms with Crippen LogP contribution in [0.2, 0.25) is 0 Å². The molecule has 1 aromatic heterocycles. The van der Waals surface area contributed by atoms with Crippen LogP contribution >= 0.6 is 0 Å². The van der Waals surface area contributed by atoms with E-state index in [1.807, 2.05) is 6.92 Å². The number of aryl methyl sites for hydroxylation is 1. The van der Waals surface area contributed by atoms with E-state index in [1.54, 1.807) is 6.92 Å². The maximum atomic E-state index is 12.0. The third-order valence-electron chi connectivity index (χ3n) is 5.18. The summed E-state index contributed by atoms with van der Waals surface area (Å²) in [4.78, 5) is 25.8. The summed E-state index contributed by atoms with van der Waals surface area (Å²) in [6.07, 6.45) is 1.81. The molecule has 0 radical (unpaired) electrons. The molecule has 0 amide bonds. The summed E-state index contributed by atoms with van der Waals surface area (Å²) in [5.41, 5.74) is -1.67. The van der Waals surface area contributed by atoms with Gasteiger partial charge in [-0.05, 0) is 26.2 Å². The maximum Gasteiger partial charge on any atom is 0.330 e. The Balaban J connectivity index is 1.79. The summed E-state index contributed by atoms with van der Waals surface area (Å²) in [5, 5.41) is 10.6. The first-order valence-electron chi connectivity index (χ1n) is 7.30. The normalized spacial score (nSPS) is 39.1. The first-order valence-corrected chi connectivity index (χ1v) is 7.30. The fourth-order valence-electron chi connectivity index (χ4n) is 3.89. The van der Waals surface area contributed by atoms with Crippen molar-refractivity contribution in [2.75, 3.05) is 0 Å². The Kier molecular flexibility index (Phi) is 2.43. The van der Waals surface area contributed by atoms with Crippen LogP contribution in [0.5, 0.6) is 0 Å². The van der Waals surface area contributed by atoms with E-state index in [1.165, 1.54) is 10.8 Å². The van der Waals surface area contributed by atoms with Gasteiger partial charge in [0, 0.05) is 11.8 Å². The smallest absolute Gasteiger partial charge is 0.330 e. The van der Waals surface area contributed by atoms with Gasteiger partial charge in [0.2, 0.25) is 0 Å². The zero-order valence-corrected chi connectivity index (χ0v) is 12.0. The molecule has 7 heteroatoms. The number of aliphatic hydroxyl groups is 1. The number of nitrogens with one attached hydrogen (secondary N) is 1. The van der Waals surface area contributed by atoms with Crippen molar-refractivity contribution in [1.29, 1.82) is 0 Å². The van der Waals surface area contributed by atoms with Crippen molar-refractivity contribution in [1.82, 2.24) is 9.55 Å². The van der Waals surface area contributed by atoms with E-state index in [4.69, 9.17) is 9.47 Å². The molecule has 114 valence electrons. The number of aromatic nitrogens is 2. The van der Waals surface area contributed by atoms with E-state index in [0.29, 0.717) is 12.0 Å². The van der Waals surface area contributed by atoms with Gasteiger partial charge in [-0.3, -0.25) is 14.3 Å². The first-order chi connectivity index (χ1) is 9.94. The molecule has 2 N–H and O–H groups in total. The second kappa shape index (κ2) is 3.85. The van der Waals surface area contributed by atoms with E-state index in [0.717, 1.165) is 12.8 Å². The molecular weight excluding hydrogens is 276 g/mol. The number of aliphatic hydroxyl groups excluding tert-OH is 1. The minimum atomic E-state index is -0.755. The molecular formula is C14H18N2O5. The number of H-pyrrole nitrogens is 1. The minimum absolute atomic E-state index is 0.386. The molecule has 2 aliphatic heterocycles. The summed E-state index contributed by atoms with van der Waals surface area (Å²) in [6, 6.07) is 0. The zero-order chi connectivity index (χ0) is 15.0. The fraction of sp³-hybridized carbons (Fsp3) is 0.714. The fourth-order valence-corrected chi connectivity index (χ4v) is 3.89. The van der Waals surface area contributed by atoms with Crippen molar-refractivity contribution in [2.45, 2.75) is 62.7 Å². The van der Waals surface area contributed by atoms with Gasteiger partial charge in [-0.2, -0.15) is 0 Å². The Labute approximate surface area is 120 Å². The molecule has 1 spiro atoms. The predicted molar refractivity (Wildman–Crippen MR) is 72.0 cm³/mol. The Morgan fingerprint density at radius 3 is 2.76 bits per heavy atom. The highest BCUT2D eigenvalue weighted by molar-refractivity contribution is 5.25. The third-order valence-corrected chi connectivity index (χ3v) is 5.18. The number of ether oxygens (including phenoxy) is 2. The lowest BCUT2D eigenvalue weighted by Crippen LogP contribution is -2.49. The second-order valence-corrected chi connectivity index (χ2v) is 6.25. The van der Waals surface area contributed by atoms with Crippen LogP contribution < -0.4 is 11.2 Å². The molecule has 4 rings (SSSR count). The lowest BCUT2D eigenvalue weighted by atomic mass is 9.88. The number of nitrogens with zero attached hydrogens (tertiary/aromatic N) is 1. The zero-order valence-electron chi connectivity index (χ0n) is 12.0. The average molecular weight is 294 g/mol. The van der Waals surface area contributed by atoms with Crippen molar-refractivity contribution in [3.05, 3.63) is 32.6 Å². The minimum Gasteiger partial charge on any atom is -0.387 e. The van der Waals surface area contributed by atoms with Gasteiger partial charge in [-0.25, -0.2) is 4.79 Å². The topological polar surface area (TPSA) is 93.6 Å². The molecule has 1 saturated carbocycles. The van der Waals surface area contributed by atoms with Crippen molar-refractivity contribution in [3.8, 4) is 0 Å². The van der Waals surface area contributed by atoms with Gasteiger partial charge in [0.1, 0.15) is 23.4 Å². The van der Waals surface area contributed by atoms with Crippen LogP contribution in [0.4, 0.5) is 0 Å². The van der Waals surface area contributed by atoms with Crippen LogP contribution in [-0.2, 0) is 9.47 Å². The lowest BCUT2D eigenvalue weighted by molar-refractivity contribution is -0.226. The monoisotopic (exact) mass is 294 g/mol. The number of hydrogen-bond acceptors (Lipinski definition) is 5. The van der Waals surface area contributed by atoms with E-state index in [9.17, 15) is 14.7 Å². The van der Waals surface area contributed by atoms with Crippen LogP contribution in [0.3, 0.4) is 0 Å². The summed E-state index contributed by atoms with van der Waals surface area (Å²) in [5.74, 6) is 0. The maximum absolute atomic E-state index is 12.0. The van der Waals surface area contributed by atoms with Crippen LogP contribution in [-0.4, -0.2) is 38.1 Å². The van der Waals surface area contributed by atoms with Crippen molar-refractivity contribution < 1.29 is 14.6 Å². The summed E-state index contributed by atoms with van der Waals surface area (Å²) < 4.78 is 13.5. The van der Waals surface area contributed by atoms with Crippen LogP contribution in [0.15, 0.2) is 15.8 Å². The largest absolute Gasteiger partial charge is 0.387 e. The molecule has 1 aliphatic carbocycles. The van der Waals surface area contributed by atoms with E-state index < -0.39 is 35.3 Å². The highest BCUT2D eigenvalue weighted by Crippen LogP contribution is 2.65. The Hall–Kier alpha value is -1.44. The molecule has 0 aromatic carbocycles. The predicted octanol–water partition coefficient (Wildman–Crippen LogP) is -0.185. The Morgan fingerprint density at radius 1 is 1.43 bits per heavy atom. The highest BCUT2D eigenvalue weighted by atomic mass is 16.7. The van der Waals surface area contributed by atoms with Crippen LogP contribution in [0.1, 0.15) is 38.0 Å². The molecule has 3 heterocycles. The van der Waals surface area contributed by atoms with Gasteiger partial charge < -0.3 is 14.6 Å². The van der Waals surface area contributed by atoms with Gasteiger partial charge in [0.05, 0.1) is 0 Å². The number of aromatic amines is 1. The second-order valence-electron chi connectivity index (χ2n) is 6.25. The van der Waals surface area contributed by atoms with E-state index in [-0.39, 0.29) is 5.60 Å². The quantitative estimate of drug-likeness (QED) is 0.789. The van der Waals surface area contributed by atoms with Gasteiger partial charge in [0.15, 0.2) is 6.23 Å². The Morgan fingerprint density at radius 2 is 2.14 bits per heavy atom. The molecule has 4 atom stereocenters. The molecule has 3 fully saturated rings.